The number of aliphatic hydroxyl groups is 1. The number of ether oxygens (including phenoxy) is 2. The normalized spacial score (nSPS) is 17.7. The Labute approximate surface area is 148 Å². The molecule has 0 saturated carbocycles. The van der Waals surface area contributed by atoms with Crippen LogP contribution < -0.4 is 0 Å². The van der Waals surface area contributed by atoms with E-state index in [1.165, 1.54) is 14.0 Å². The zero-order valence-corrected chi connectivity index (χ0v) is 14.7. The van der Waals surface area contributed by atoms with Crippen molar-refractivity contribution in [2.24, 2.45) is 0 Å². The van der Waals surface area contributed by atoms with Gasteiger partial charge in [-0.05, 0) is 26.2 Å². The third kappa shape index (κ3) is 5.48. The fourth-order valence-corrected chi connectivity index (χ4v) is 2.87. The molecule has 5 heteroatoms. The van der Waals surface area contributed by atoms with Crippen molar-refractivity contribution in [2.75, 3.05) is 20.8 Å². The molecule has 0 saturated heterocycles. The van der Waals surface area contributed by atoms with Gasteiger partial charge >= 0.3 is 0 Å². The number of unbranched alkanes of at least 4 members (excludes halogenated alkanes) is 7. The first-order valence-electron chi connectivity index (χ1n) is 10.1. The third-order valence-electron chi connectivity index (χ3n) is 4.33. The van der Waals surface area contributed by atoms with Crippen LogP contribution in [0.2, 0.25) is 0 Å². The van der Waals surface area contributed by atoms with E-state index in [0.29, 0.717) is 12.0 Å². The van der Waals surface area contributed by atoms with Crippen molar-refractivity contribution in [2.45, 2.75) is 64.7 Å². The van der Waals surface area contributed by atoms with Crippen LogP contribution in [0.1, 0.15) is 68.8 Å². The first-order valence-corrected chi connectivity index (χ1v) is 8.60. The number of methoxy groups -OCH3 is 2. The van der Waals surface area contributed by atoms with Crippen molar-refractivity contribution in [1.29, 1.82) is 0 Å². The van der Waals surface area contributed by atoms with Gasteiger partial charge in [0.15, 0.2) is 0 Å². The predicted molar refractivity (Wildman–Crippen MR) is 92.4 cm³/mol. The number of hydrogen-bond acceptors (Lipinski definition) is 5. The number of carbonyl (C=O) groups excluding carboxylic acids is 2. The molecule has 0 bridgehead atoms. The lowest BCUT2D eigenvalue weighted by atomic mass is 9.89. The second-order valence-corrected chi connectivity index (χ2v) is 6.03. The van der Waals surface area contributed by atoms with Gasteiger partial charge in [0.25, 0.3) is 0 Å². The van der Waals surface area contributed by atoms with Gasteiger partial charge in [0, 0.05) is 17.8 Å². The molecular formula is C19H30O5. The molecule has 0 unspecified atom stereocenters. The Hall–Kier alpha value is -1.62. The van der Waals surface area contributed by atoms with Gasteiger partial charge in [-0.1, -0.05) is 38.5 Å². The maximum atomic E-state index is 12.6. The van der Waals surface area contributed by atoms with Crippen molar-refractivity contribution < 1.29 is 28.3 Å². The Kier molecular flexibility index (Phi) is 7.30. The van der Waals surface area contributed by atoms with E-state index in [1.807, 2.05) is 0 Å². The number of aliphatic hydroxyl groups excluding tert-OH is 1. The lowest BCUT2D eigenvalue weighted by molar-refractivity contribution is -0.121. The van der Waals surface area contributed by atoms with E-state index < -0.39 is 24.4 Å². The average Bonchev–Trinajstić information content (AvgIpc) is 2.60. The van der Waals surface area contributed by atoms with Crippen molar-refractivity contribution in [1.82, 2.24) is 0 Å². The monoisotopic (exact) mass is 342 g/mol. The second-order valence-electron chi connectivity index (χ2n) is 6.03. The first-order chi connectivity index (χ1) is 12.7. The molecule has 5 nitrogen and oxygen atoms in total. The summed E-state index contributed by atoms with van der Waals surface area (Å²) in [6, 6.07) is 0. The molecule has 0 aliphatic heterocycles. The molecule has 0 spiro atoms. The SMILES string of the molecule is [2H][13C]([2H])([2H])OC1=C(OC)C(=O)C(CCCCCCCCCCO)=C(C)C1=O. The minimum absolute atomic E-state index is 0.226. The molecule has 1 rings (SSSR count). The highest BCUT2D eigenvalue weighted by atomic mass is 16.5. The number of hydrogen-bond donors (Lipinski definition) is 1. The summed E-state index contributed by atoms with van der Waals surface area (Å²) in [7, 11) is -1.61. The molecule has 24 heavy (non-hydrogen) atoms. The number of rotatable bonds is 12. The molecule has 0 heterocycles. The number of ketones is 2. The molecule has 0 radical (unpaired) electrons. The summed E-state index contributed by atoms with van der Waals surface area (Å²) in [5, 5.41) is 8.73. The Bertz CT molecular complexity index is 591. The highest BCUT2D eigenvalue weighted by Crippen LogP contribution is 2.28. The minimum Gasteiger partial charge on any atom is -0.489 e. The van der Waals surface area contributed by atoms with E-state index in [2.05, 4.69) is 0 Å². The molecule has 0 aromatic rings. The number of allylic oxidation sites excluding steroid dienone is 2. The van der Waals surface area contributed by atoms with Gasteiger partial charge in [-0.2, -0.15) is 0 Å². The van der Waals surface area contributed by atoms with Crippen molar-refractivity contribution in [3.05, 3.63) is 22.7 Å². The van der Waals surface area contributed by atoms with Crippen LogP contribution in [-0.4, -0.2) is 37.4 Å². The molecule has 1 N–H and O–H groups in total. The molecule has 136 valence electrons. The quantitative estimate of drug-likeness (QED) is 0.334. The van der Waals surface area contributed by atoms with Crippen LogP contribution in [0.25, 0.3) is 0 Å². The highest BCUT2D eigenvalue weighted by molar-refractivity contribution is 6.23. The second kappa shape index (κ2) is 11.0. The van der Waals surface area contributed by atoms with Gasteiger partial charge < -0.3 is 14.6 Å². The maximum Gasteiger partial charge on any atom is 0.228 e. The molecule has 0 amide bonds. The van der Waals surface area contributed by atoms with Crippen LogP contribution in [0, 0.1) is 0 Å². The van der Waals surface area contributed by atoms with E-state index >= 15 is 0 Å². The van der Waals surface area contributed by atoms with Gasteiger partial charge in [-0.25, -0.2) is 0 Å². The maximum absolute atomic E-state index is 12.6. The highest BCUT2D eigenvalue weighted by Gasteiger charge is 2.34. The Morgan fingerprint density at radius 1 is 0.875 bits per heavy atom. The van der Waals surface area contributed by atoms with Crippen molar-refractivity contribution >= 4 is 11.6 Å². The molecular weight excluding hydrogens is 309 g/mol. The summed E-state index contributed by atoms with van der Waals surface area (Å²) < 4.78 is 31.2. The van der Waals surface area contributed by atoms with Crippen LogP contribution in [0.3, 0.4) is 0 Å². The number of carbonyl (C=O) groups is 2. The van der Waals surface area contributed by atoms with E-state index in [-0.39, 0.29) is 17.9 Å². The lowest BCUT2D eigenvalue weighted by Crippen LogP contribution is -2.25. The summed E-state index contributed by atoms with van der Waals surface area (Å²) in [5.74, 6) is -1.95. The van der Waals surface area contributed by atoms with Gasteiger partial charge in [-0.3, -0.25) is 9.59 Å². The third-order valence-corrected chi connectivity index (χ3v) is 4.33. The topological polar surface area (TPSA) is 72.8 Å². The Morgan fingerprint density at radius 3 is 1.96 bits per heavy atom. The van der Waals surface area contributed by atoms with Crippen LogP contribution in [-0.2, 0) is 19.1 Å². The molecule has 0 atom stereocenters. The first kappa shape index (κ1) is 15.9. The summed E-state index contributed by atoms with van der Waals surface area (Å²) in [6.45, 7) is 1.77. The van der Waals surface area contributed by atoms with Crippen molar-refractivity contribution in [3.8, 4) is 0 Å². The van der Waals surface area contributed by atoms with Gasteiger partial charge in [0.1, 0.15) is 0 Å². The molecule has 1 aliphatic carbocycles. The smallest absolute Gasteiger partial charge is 0.228 e. The van der Waals surface area contributed by atoms with E-state index in [0.717, 1.165) is 51.4 Å². The molecule has 0 aromatic carbocycles. The summed E-state index contributed by atoms with van der Waals surface area (Å²) in [6.07, 6.45) is 8.48. The predicted octanol–water partition coefficient (Wildman–Crippen LogP) is 3.46. The summed E-state index contributed by atoms with van der Waals surface area (Å²) in [5.41, 5.74) is 0.599. The fraction of sp³-hybridized carbons (Fsp3) is 0.684. The van der Waals surface area contributed by atoms with Crippen LogP contribution in [0.15, 0.2) is 22.7 Å². The van der Waals surface area contributed by atoms with E-state index in [9.17, 15) is 9.59 Å². The summed E-state index contributed by atoms with van der Waals surface area (Å²) in [4.78, 5) is 25.0. The van der Waals surface area contributed by atoms with Crippen molar-refractivity contribution in [3.63, 3.8) is 0 Å². The van der Waals surface area contributed by atoms with Gasteiger partial charge in [-0.15, -0.1) is 0 Å². The molecule has 1 aliphatic rings. The minimum atomic E-state index is -2.83. The zero-order chi connectivity index (χ0) is 20.4. The standard InChI is InChI=1S/C19H30O5/c1-14-15(12-10-8-6-4-5-7-9-11-13-20)17(22)19(24-3)18(23-2)16(14)21/h20H,4-13H2,1-3H3/i2+1D3. The zero-order valence-electron chi connectivity index (χ0n) is 17.7. The van der Waals surface area contributed by atoms with E-state index in [4.69, 9.17) is 18.7 Å². The van der Waals surface area contributed by atoms with Gasteiger partial charge in [0.05, 0.1) is 18.3 Å². The lowest BCUT2D eigenvalue weighted by Gasteiger charge is -2.20. The average molecular weight is 342 g/mol. The van der Waals surface area contributed by atoms with E-state index in [1.54, 1.807) is 0 Å². The Balaban J connectivity index is 2.57. The van der Waals surface area contributed by atoms with Crippen LogP contribution in [0.4, 0.5) is 0 Å². The largest absolute Gasteiger partial charge is 0.489 e. The summed E-state index contributed by atoms with van der Waals surface area (Å²) >= 11 is 0. The van der Waals surface area contributed by atoms with Crippen LogP contribution >= 0.6 is 0 Å². The fourth-order valence-electron chi connectivity index (χ4n) is 2.87. The molecule has 0 aromatic heterocycles. The van der Waals surface area contributed by atoms with Gasteiger partial charge in [0.2, 0.25) is 23.1 Å². The molecule has 0 fully saturated rings. The van der Waals surface area contributed by atoms with Crippen LogP contribution in [0.5, 0.6) is 0 Å². The Morgan fingerprint density at radius 2 is 1.42 bits per heavy atom. The number of Topliss-reactive ketones (excluding diaryl/α,β-unsaturated/α-hetero) is 2.